The van der Waals surface area contributed by atoms with Crippen LogP contribution in [0.1, 0.15) is 12.5 Å². The van der Waals surface area contributed by atoms with Gasteiger partial charge in [-0.15, -0.1) is 0 Å². The first-order chi connectivity index (χ1) is 11.1. The Morgan fingerprint density at radius 1 is 1.00 bits per heavy atom. The molecule has 2 rings (SSSR count). The van der Waals surface area contributed by atoms with Crippen LogP contribution in [0.15, 0.2) is 48.5 Å². The first kappa shape index (κ1) is 16.5. The molecule has 3 N–H and O–H groups in total. The van der Waals surface area contributed by atoms with Crippen LogP contribution < -0.4 is 16.0 Å². The highest BCUT2D eigenvalue weighted by atomic mass is 19.1. The Balaban J connectivity index is 1.79. The van der Waals surface area contributed by atoms with Crippen LogP contribution in [0.25, 0.3) is 0 Å². The molecule has 120 valence electrons. The summed E-state index contributed by atoms with van der Waals surface area (Å²) in [4.78, 5) is 23.5. The number of hydrogen-bond acceptors (Lipinski definition) is 2. The number of rotatable bonds is 5. The van der Waals surface area contributed by atoms with Crippen LogP contribution in [0.4, 0.5) is 20.6 Å². The van der Waals surface area contributed by atoms with Crippen molar-refractivity contribution >= 4 is 23.3 Å². The third-order valence-corrected chi connectivity index (χ3v) is 3.13. The molecule has 0 aliphatic heterocycles. The number of carbonyl (C=O) groups excluding carboxylic acids is 2. The first-order valence-corrected chi connectivity index (χ1v) is 7.26. The topological polar surface area (TPSA) is 70.2 Å². The average Bonchev–Trinajstić information content (AvgIpc) is 2.55. The Bertz CT molecular complexity index is 686. The molecule has 0 aliphatic carbocycles. The van der Waals surface area contributed by atoms with Crippen molar-refractivity contribution in [2.24, 2.45) is 0 Å². The van der Waals surface area contributed by atoms with Gasteiger partial charge in [0.15, 0.2) is 0 Å². The van der Waals surface area contributed by atoms with E-state index in [2.05, 4.69) is 16.0 Å². The van der Waals surface area contributed by atoms with Gasteiger partial charge in [-0.2, -0.15) is 0 Å². The number of anilines is 2. The summed E-state index contributed by atoms with van der Waals surface area (Å²) < 4.78 is 12.8. The van der Waals surface area contributed by atoms with Gasteiger partial charge in [-0.05, 0) is 48.4 Å². The molecule has 3 amide bonds. The van der Waals surface area contributed by atoms with Crippen molar-refractivity contribution in [3.63, 3.8) is 0 Å². The molecule has 23 heavy (non-hydrogen) atoms. The first-order valence-electron chi connectivity index (χ1n) is 7.26. The predicted molar refractivity (Wildman–Crippen MR) is 87.9 cm³/mol. The Labute approximate surface area is 133 Å². The number of aryl methyl sites for hydroxylation is 1. The summed E-state index contributed by atoms with van der Waals surface area (Å²) in [6.45, 7) is 1.84. The predicted octanol–water partition coefficient (Wildman–Crippen LogP) is 3.15. The fourth-order valence-corrected chi connectivity index (χ4v) is 1.94. The fourth-order valence-electron chi connectivity index (χ4n) is 1.94. The maximum Gasteiger partial charge on any atom is 0.319 e. The summed E-state index contributed by atoms with van der Waals surface area (Å²) in [5.74, 6) is -0.774. The lowest BCUT2D eigenvalue weighted by molar-refractivity contribution is -0.115. The van der Waals surface area contributed by atoms with Crippen molar-refractivity contribution in [3.05, 3.63) is 59.9 Å². The summed E-state index contributed by atoms with van der Waals surface area (Å²) in [6, 6.07) is 12.4. The number of carbonyl (C=O) groups is 2. The summed E-state index contributed by atoms with van der Waals surface area (Å²) in [7, 11) is 0. The summed E-state index contributed by atoms with van der Waals surface area (Å²) >= 11 is 0. The van der Waals surface area contributed by atoms with Crippen LogP contribution in [-0.4, -0.2) is 18.5 Å². The SMILES string of the molecule is CCc1cccc(NC(=O)NCC(=O)Nc2ccc(F)cc2)c1. The van der Waals surface area contributed by atoms with E-state index in [1.54, 1.807) is 6.07 Å². The number of urea groups is 1. The zero-order valence-corrected chi connectivity index (χ0v) is 12.7. The molecular weight excluding hydrogens is 297 g/mol. The zero-order valence-electron chi connectivity index (χ0n) is 12.7. The number of benzene rings is 2. The minimum Gasteiger partial charge on any atom is -0.329 e. The molecule has 0 aliphatic rings. The average molecular weight is 315 g/mol. The van der Waals surface area contributed by atoms with Gasteiger partial charge in [-0.1, -0.05) is 19.1 Å². The van der Waals surface area contributed by atoms with Gasteiger partial charge in [0.25, 0.3) is 0 Å². The second-order valence-corrected chi connectivity index (χ2v) is 4.92. The van der Waals surface area contributed by atoms with E-state index in [1.807, 2.05) is 25.1 Å². The number of hydrogen-bond donors (Lipinski definition) is 3. The highest BCUT2D eigenvalue weighted by molar-refractivity contribution is 5.96. The summed E-state index contributed by atoms with van der Waals surface area (Å²) in [6.07, 6.45) is 0.872. The van der Waals surface area contributed by atoms with Gasteiger partial charge in [0.05, 0.1) is 6.54 Å². The molecule has 0 atom stereocenters. The van der Waals surface area contributed by atoms with Gasteiger partial charge in [-0.25, -0.2) is 9.18 Å². The Kier molecular flexibility index (Phi) is 5.68. The normalized spacial score (nSPS) is 10.0. The molecule has 0 aromatic heterocycles. The lowest BCUT2D eigenvalue weighted by Crippen LogP contribution is -2.35. The van der Waals surface area contributed by atoms with Crippen LogP contribution in [0, 0.1) is 5.82 Å². The van der Waals surface area contributed by atoms with Crippen molar-refractivity contribution in [2.75, 3.05) is 17.2 Å². The summed E-state index contributed by atoms with van der Waals surface area (Å²) in [5, 5.41) is 7.69. The zero-order chi connectivity index (χ0) is 16.7. The molecule has 0 saturated carbocycles. The lowest BCUT2D eigenvalue weighted by atomic mass is 10.1. The molecule has 0 fully saturated rings. The fraction of sp³-hybridized carbons (Fsp3) is 0.176. The minimum atomic E-state index is -0.465. The van der Waals surface area contributed by atoms with Gasteiger partial charge >= 0.3 is 6.03 Å². The quantitative estimate of drug-likeness (QED) is 0.793. The number of nitrogens with one attached hydrogen (secondary N) is 3. The van der Waals surface area contributed by atoms with E-state index in [4.69, 9.17) is 0 Å². The van der Waals surface area contributed by atoms with Crippen molar-refractivity contribution in [1.82, 2.24) is 5.32 Å². The van der Waals surface area contributed by atoms with E-state index >= 15 is 0 Å². The maximum atomic E-state index is 12.8. The minimum absolute atomic E-state index is 0.184. The van der Waals surface area contributed by atoms with Crippen molar-refractivity contribution in [1.29, 1.82) is 0 Å². The lowest BCUT2D eigenvalue weighted by Gasteiger charge is -2.09. The van der Waals surface area contributed by atoms with Gasteiger partial charge in [0.2, 0.25) is 5.91 Å². The second-order valence-electron chi connectivity index (χ2n) is 4.92. The molecule has 0 spiro atoms. The van der Waals surface area contributed by atoms with Crippen LogP contribution >= 0.6 is 0 Å². The third kappa shape index (κ3) is 5.43. The van der Waals surface area contributed by atoms with Crippen LogP contribution in [0.5, 0.6) is 0 Å². The van der Waals surface area contributed by atoms with Crippen LogP contribution in [0.3, 0.4) is 0 Å². The Morgan fingerprint density at radius 3 is 2.43 bits per heavy atom. The number of halogens is 1. The van der Waals surface area contributed by atoms with Gasteiger partial charge in [0.1, 0.15) is 5.82 Å². The highest BCUT2D eigenvalue weighted by Gasteiger charge is 2.06. The molecule has 2 aromatic rings. The smallest absolute Gasteiger partial charge is 0.319 e. The highest BCUT2D eigenvalue weighted by Crippen LogP contribution is 2.11. The van der Waals surface area contributed by atoms with E-state index in [9.17, 15) is 14.0 Å². The van der Waals surface area contributed by atoms with E-state index in [0.717, 1.165) is 12.0 Å². The van der Waals surface area contributed by atoms with E-state index in [1.165, 1.54) is 24.3 Å². The molecule has 0 saturated heterocycles. The van der Waals surface area contributed by atoms with Crippen molar-refractivity contribution in [3.8, 4) is 0 Å². The molecule has 0 bridgehead atoms. The monoisotopic (exact) mass is 315 g/mol. The molecule has 0 radical (unpaired) electrons. The largest absolute Gasteiger partial charge is 0.329 e. The Hall–Kier alpha value is -2.89. The van der Waals surface area contributed by atoms with Crippen LogP contribution in [0.2, 0.25) is 0 Å². The third-order valence-electron chi connectivity index (χ3n) is 3.13. The summed E-state index contributed by atoms with van der Waals surface area (Å²) in [5.41, 5.74) is 2.24. The standard InChI is InChI=1S/C17H18FN3O2/c1-2-12-4-3-5-15(10-12)21-17(23)19-11-16(22)20-14-8-6-13(18)7-9-14/h3-10H,2,11H2,1H3,(H,20,22)(H2,19,21,23). The molecule has 2 aromatic carbocycles. The molecule has 5 nitrogen and oxygen atoms in total. The maximum absolute atomic E-state index is 12.8. The van der Waals surface area contributed by atoms with Gasteiger partial charge in [0, 0.05) is 11.4 Å². The second kappa shape index (κ2) is 7.93. The van der Waals surface area contributed by atoms with Crippen molar-refractivity contribution < 1.29 is 14.0 Å². The molecule has 6 heteroatoms. The van der Waals surface area contributed by atoms with E-state index in [-0.39, 0.29) is 12.4 Å². The van der Waals surface area contributed by atoms with Crippen LogP contribution in [-0.2, 0) is 11.2 Å². The van der Waals surface area contributed by atoms with E-state index in [0.29, 0.717) is 11.4 Å². The molecule has 0 heterocycles. The van der Waals surface area contributed by atoms with Gasteiger partial charge < -0.3 is 16.0 Å². The van der Waals surface area contributed by atoms with Gasteiger partial charge in [-0.3, -0.25) is 4.79 Å². The molecule has 0 unspecified atom stereocenters. The van der Waals surface area contributed by atoms with Crippen molar-refractivity contribution in [2.45, 2.75) is 13.3 Å². The number of amides is 3. The molecular formula is C17H18FN3O2. The van der Waals surface area contributed by atoms with E-state index < -0.39 is 11.9 Å². The Morgan fingerprint density at radius 2 is 1.74 bits per heavy atom.